The zero-order valence-electron chi connectivity index (χ0n) is 11.7. The Morgan fingerprint density at radius 3 is 2.76 bits per heavy atom. The Bertz CT molecular complexity index is 620. The lowest BCUT2D eigenvalue weighted by Gasteiger charge is -2.34. The van der Waals surface area contributed by atoms with Crippen LogP contribution < -0.4 is 10.2 Å². The van der Waals surface area contributed by atoms with Gasteiger partial charge in [-0.3, -0.25) is 4.79 Å². The minimum Gasteiger partial charge on any atom is -0.323 e. The van der Waals surface area contributed by atoms with Gasteiger partial charge in [0.1, 0.15) is 17.2 Å². The Balaban J connectivity index is 1.97. The van der Waals surface area contributed by atoms with Crippen LogP contribution in [-0.4, -0.2) is 17.5 Å². The number of benzene rings is 1. The molecule has 0 radical (unpaired) electrons. The number of imide groups is 1. The fourth-order valence-corrected chi connectivity index (χ4v) is 3.36. The lowest BCUT2D eigenvalue weighted by atomic mass is 9.76. The van der Waals surface area contributed by atoms with Gasteiger partial charge in [0.25, 0.3) is 5.91 Å². The second-order valence-electron chi connectivity index (χ2n) is 5.95. The molecule has 2 atom stereocenters. The first kappa shape index (κ1) is 14.0. The average molecular weight is 294 g/mol. The van der Waals surface area contributed by atoms with Gasteiger partial charge in [-0.2, -0.15) is 0 Å². The van der Waals surface area contributed by atoms with E-state index in [9.17, 15) is 18.4 Å². The summed E-state index contributed by atoms with van der Waals surface area (Å²) in [6.45, 7) is 2.03. The lowest BCUT2D eigenvalue weighted by molar-refractivity contribution is -0.123. The van der Waals surface area contributed by atoms with E-state index in [0.29, 0.717) is 24.8 Å². The SMILES string of the molecule is CC1CCCC2(C1)NC(=O)N(c1ccc(F)cc1F)C2=O. The van der Waals surface area contributed by atoms with Crippen LogP contribution in [-0.2, 0) is 4.79 Å². The standard InChI is InChI=1S/C15H16F2N2O2/c1-9-3-2-6-15(8-9)13(20)19(14(21)18-15)12-5-4-10(16)7-11(12)17/h4-5,7,9H,2-3,6,8H2,1H3,(H,18,21). The molecule has 1 spiro atoms. The van der Waals surface area contributed by atoms with E-state index < -0.39 is 29.1 Å². The minimum atomic E-state index is -0.935. The first-order valence-electron chi connectivity index (χ1n) is 7.05. The highest BCUT2D eigenvalue weighted by atomic mass is 19.1. The Labute approximate surface area is 121 Å². The first-order valence-corrected chi connectivity index (χ1v) is 7.05. The maximum absolute atomic E-state index is 13.9. The molecule has 1 aromatic carbocycles. The molecular formula is C15H16F2N2O2. The summed E-state index contributed by atoms with van der Waals surface area (Å²) in [7, 11) is 0. The van der Waals surface area contributed by atoms with Crippen molar-refractivity contribution < 1.29 is 18.4 Å². The molecule has 1 saturated heterocycles. The van der Waals surface area contributed by atoms with E-state index in [1.165, 1.54) is 0 Å². The van der Waals surface area contributed by atoms with E-state index in [0.717, 1.165) is 29.9 Å². The quantitative estimate of drug-likeness (QED) is 0.810. The molecule has 2 unspecified atom stereocenters. The van der Waals surface area contributed by atoms with Crippen LogP contribution in [0.1, 0.15) is 32.6 Å². The van der Waals surface area contributed by atoms with Gasteiger partial charge in [0.15, 0.2) is 0 Å². The smallest absolute Gasteiger partial charge is 0.323 e. The molecule has 1 saturated carbocycles. The summed E-state index contributed by atoms with van der Waals surface area (Å²) in [5.41, 5.74) is -1.13. The molecule has 1 heterocycles. The molecule has 1 aliphatic carbocycles. The molecule has 2 fully saturated rings. The molecule has 21 heavy (non-hydrogen) atoms. The van der Waals surface area contributed by atoms with Gasteiger partial charge in [-0.15, -0.1) is 0 Å². The summed E-state index contributed by atoms with van der Waals surface area (Å²) in [5, 5.41) is 2.72. The van der Waals surface area contributed by atoms with Gasteiger partial charge in [-0.1, -0.05) is 19.8 Å². The summed E-state index contributed by atoms with van der Waals surface area (Å²) >= 11 is 0. The van der Waals surface area contributed by atoms with Crippen LogP contribution in [0, 0.1) is 17.6 Å². The summed E-state index contributed by atoms with van der Waals surface area (Å²) in [5.74, 6) is -1.78. The number of hydrogen-bond acceptors (Lipinski definition) is 2. The maximum atomic E-state index is 13.9. The van der Waals surface area contributed by atoms with Crippen LogP contribution in [0.15, 0.2) is 18.2 Å². The molecule has 0 aromatic heterocycles. The number of halogens is 2. The van der Waals surface area contributed by atoms with Crippen molar-refractivity contribution in [2.24, 2.45) is 5.92 Å². The third kappa shape index (κ3) is 2.18. The number of carbonyl (C=O) groups excluding carboxylic acids is 2. The van der Waals surface area contributed by atoms with Gasteiger partial charge in [0, 0.05) is 6.07 Å². The zero-order valence-corrected chi connectivity index (χ0v) is 11.7. The second-order valence-corrected chi connectivity index (χ2v) is 5.95. The fourth-order valence-electron chi connectivity index (χ4n) is 3.36. The van der Waals surface area contributed by atoms with Crippen molar-refractivity contribution in [2.45, 2.75) is 38.1 Å². The molecule has 6 heteroatoms. The minimum absolute atomic E-state index is 0.200. The van der Waals surface area contributed by atoms with Crippen LogP contribution in [0.5, 0.6) is 0 Å². The highest BCUT2D eigenvalue weighted by Crippen LogP contribution is 2.38. The number of rotatable bonds is 1. The van der Waals surface area contributed by atoms with Crippen molar-refractivity contribution in [1.29, 1.82) is 0 Å². The highest BCUT2D eigenvalue weighted by molar-refractivity contribution is 6.23. The predicted octanol–water partition coefficient (Wildman–Crippen LogP) is 2.97. The maximum Gasteiger partial charge on any atom is 0.329 e. The van der Waals surface area contributed by atoms with Crippen molar-refractivity contribution in [3.8, 4) is 0 Å². The van der Waals surface area contributed by atoms with E-state index in [2.05, 4.69) is 5.32 Å². The van der Waals surface area contributed by atoms with Crippen molar-refractivity contribution in [2.75, 3.05) is 4.90 Å². The van der Waals surface area contributed by atoms with E-state index in [1.807, 2.05) is 6.92 Å². The summed E-state index contributed by atoms with van der Waals surface area (Å²) in [6, 6.07) is 2.19. The largest absolute Gasteiger partial charge is 0.329 e. The molecule has 2 aliphatic rings. The van der Waals surface area contributed by atoms with Gasteiger partial charge in [-0.05, 0) is 30.9 Å². The average Bonchev–Trinajstić information content (AvgIpc) is 2.62. The van der Waals surface area contributed by atoms with Crippen molar-refractivity contribution in [3.05, 3.63) is 29.8 Å². The van der Waals surface area contributed by atoms with Gasteiger partial charge in [0.05, 0.1) is 5.69 Å². The number of nitrogens with one attached hydrogen (secondary N) is 1. The van der Waals surface area contributed by atoms with Crippen LogP contribution in [0.4, 0.5) is 19.3 Å². The third-order valence-corrected chi connectivity index (χ3v) is 4.31. The summed E-state index contributed by atoms with van der Waals surface area (Å²) < 4.78 is 26.9. The molecular weight excluding hydrogens is 278 g/mol. The Morgan fingerprint density at radius 1 is 1.33 bits per heavy atom. The van der Waals surface area contributed by atoms with E-state index >= 15 is 0 Å². The zero-order chi connectivity index (χ0) is 15.2. The number of anilines is 1. The highest BCUT2D eigenvalue weighted by Gasteiger charge is 2.53. The lowest BCUT2D eigenvalue weighted by Crippen LogP contribution is -2.50. The van der Waals surface area contributed by atoms with E-state index in [1.54, 1.807) is 0 Å². The third-order valence-electron chi connectivity index (χ3n) is 4.31. The van der Waals surface area contributed by atoms with Crippen LogP contribution in [0.3, 0.4) is 0 Å². The Morgan fingerprint density at radius 2 is 2.10 bits per heavy atom. The van der Waals surface area contributed by atoms with Crippen molar-refractivity contribution in [3.63, 3.8) is 0 Å². The van der Waals surface area contributed by atoms with Gasteiger partial charge < -0.3 is 5.32 Å². The Kier molecular flexibility index (Phi) is 3.19. The van der Waals surface area contributed by atoms with Crippen molar-refractivity contribution in [1.82, 2.24) is 5.32 Å². The molecule has 112 valence electrons. The van der Waals surface area contributed by atoms with Crippen LogP contribution in [0.2, 0.25) is 0 Å². The number of amides is 3. The number of hydrogen-bond donors (Lipinski definition) is 1. The molecule has 3 amide bonds. The van der Waals surface area contributed by atoms with Gasteiger partial charge >= 0.3 is 6.03 Å². The number of urea groups is 1. The molecule has 1 aromatic rings. The van der Waals surface area contributed by atoms with E-state index in [4.69, 9.17) is 0 Å². The molecule has 1 N–H and O–H groups in total. The first-order chi connectivity index (χ1) is 9.93. The molecule has 3 rings (SSSR count). The fraction of sp³-hybridized carbons (Fsp3) is 0.467. The predicted molar refractivity (Wildman–Crippen MR) is 72.7 cm³/mol. The summed E-state index contributed by atoms with van der Waals surface area (Å²) in [4.78, 5) is 25.6. The normalized spacial score (nSPS) is 29.1. The topological polar surface area (TPSA) is 49.4 Å². The van der Waals surface area contributed by atoms with Crippen molar-refractivity contribution >= 4 is 17.6 Å². The molecule has 1 aliphatic heterocycles. The number of nitrogens with zero attached hydrogens (tertiary/aromatic N) is 1. The Hall–Kier alpha value is -1.98. The summed E-state index contributed by atoms with van der Waals surface area (Å²) in [6.07, 6.45) is 2.96. The second kappa shape index (κ2) is 4.79. The monoisotopic (exact) mass is 294 g/mol. The van der Waals surface area contributed by atoms with Crippen LogP contribution >= 0.6 is 0 Å². The van der Waals surface area contributed by atoms with Crippen LogP contribution in [0.25, 0.3) is 0 Å². The number of carbonyl (C=O) groups is 2. The van der Waals surface area contributed by atoms with Gasteiger partial charge in [-0.25, -0.2) is 18.5 Å². The molecule has 0 bridgehead atoms. The molecule has 4 nitrogen and oxygen atoms in total. The van der Waals surface area contributed by atoms with Gasteiger partial charge in [0.2, 0.25) is 0 Å². The van der Waals surface area contributed by atoms with E-state index in [-0.39, 0.29) is 5.69 Å².